The van der Waals surface area contributed by atoms with E-state index in [4.69, 9.17) is 9.47 Å². The third-order valence-corrected chi connectivity index (χ3v) is 3.08. The molecule has 0 unspecified atom stereocenters. The molecule has 1 fully saturated rings. The monoisotopic (exact) mass is 306 g/mol. The molecule has 1 N–H and O–H groups in total. The summed E-state index contributed by atoms with van der Waals surface area (Å²) in [6.45, 7) is 2.40. The second-order valence-electron chi connectivity index (χ2n) is 4.85. The van der Waals surface area contributed by atoms with Gasteiger partial charge < -0.3 is 14.8 Å². The van der Waals surface area contributed by atoms with Gasteiger partial charge in [-0.25, -0.2) is 4.79 Å². The summed E-state index contributed by atoms with van der Waals surface area (Å²) in [4.78, 5) is 35.5. The number of amides is 3. The standard InChI is InChI=1S/C15H18N2O5/c1-11-3-2-4-12(9-11)21-8-5-14(19)22-10-13(18)17-7-6-16-15(17)20/h2-4,9H,5-8,10H2,1H3,(H,16,20). The average molecular weight is 306 g/mol. The normalized spacial score (nSPS) is 13.7. The third kappa shape index (κ3) is 4.47. The van der Waals surface area contributed by atoms with Gasteiger partial charge in [0.05, 0.1) is 13.0 Å². The highest BCUT2D eigenvalue weighted by Gasteiger charge is 2.26. The highest BCUT2D eigenvalue weighted by molar-refractivity contribution is 5.96. The molecule has 1 saturated heterocycles. The maximum absolute atomic E-state index is 11.6. The molecule has 0 radical (unpaired) electrons. The zero-order chi connectivity index (χ0) is 15.9. The van der Waals surface area contributed by atoms with Crippen molar-refractivity contribution in [2.24, 2.45) is 0 Å². The maximum atomic E-state index is 11.6. The molecule has 7 heteroatoms. The Morgan fingerprint density at radius 3 is 2.86 bits per heavy atom. The van der Waals surface area contributed by atoms with Gasteiger partial charge >= 0.3 is 12.0 Å². The van der Waals surface area contributed by atoms with Crippen LogP contribution in [0.15, 0.2) is 24.3 Å². The van der Waals surface area contributed by atoms with Crippen LogP contribution in [0.5, 0.6) is 5.75 Å². The zero-order valence-electron chi connectivity index (χ0n) is 12.3. The number of hydrogen-bond acceptors (Lipinski definition) is 5. The summed E-state index contributed by atoms with van der Waals surface area (Å²) in [7, 11) is 0. The summed E-state index contributed by atoms with van der Waals surface area (Å²) in [5.41, 5.74) is 1.06. The Hall–Kier alpha value is -2.57. The molecule has 0 aliphatic carbocycles. The molecular formula is C15H18N2O5. The SMILES string of the molecule is Cc1cccc(OCCC(=O)OCC(=O)N2CCNC2=O)c1. The number of nitrogens with zero attached hydrogens (tertiary/aromatic N) is 1. The number of rotatable bonds is 6. The molecule has 0 bridgehead atoms. The Balaban J connectivity index is 1.65. The topological polar surface area (TPSA) is 84.9 Å². The summed E-state index contributed by atoms with van der Waals surface area (Å²) in [5, 5.41) is 2.50. The third-order valence-electron chi connectivity index (χ3n) is 3.08. The van der Waals surface area contributed by atoms with Crippen molar-refractivity contribution in [2.75, 3.05) is 26.3 Å². The van der Waals surface area contributed by atoms with Crippen molar-refractivity contribution >= 4 is 17.9 Å². The number of esters is 1. The first-order chi connectivity index (χ1) is 10.6. The number of imide groups is 1. The van der Waals surface area contributed by atoms with Crippen LogP contribution in [0.1, 0.15) is 12.0 Å². The van der Waals surface area contributed by atoms with Crippen molar-refractivity contribution in [3.63, 3.8) is 0 Å². The number of nitrogens with one attached hydrogen (secondary N) is 1. The van der Waals surface area contributed by atoms with E-state index in [9.17, 15) is 14.4 Å². The molecular weight excluding hydrogens is 288 g/mol. The Kier molecular flexibility index (Phi) is 5.35. The van der Waals surface area contributed by atoms with E-state index in [0.29, 0.717) is 18.8 Å². The van der Waals surface area contributed by atoms with E-state index in [1.54, 1.807) is 6.07 Å². The van der Waals surface area contributed by atoms with Gasteiger partial charge in [-0.1, -0.05) is 12.1 Å². The van der Waals surface area contributed by atoms with Crippen molar-refractivity contribution in [3.05, 3.63) is 29.8 Å². The van der Waals surface area contributed by atoms with Gasteiger partial charge in [0.1, 0.15) is 5.75 Å². The molecule has 0 atom stereocenters. The molecule has 118 valence electrons. The zero-order valence-corrected chi connectivity index (χ0v) is 12.3. The van der Waals surface area contributed by atoms with Gasteiger partial charge in [0.25, 0.3) is 5.91 Å². The van der Waals surface area contributed by atoms with Crippen molar-refractivity contribution in [2.45, 2.75) is 13.3 Å². The molecule has 0 aromatic heterocycles. The van der Waals surface area contributed by atoms with Crippen molar-refractivity contribution in [1.82, 2.24) is 10.2 Å². The second-order valence-corrected chi connectivity index (χ2v) is 4.85. The van der Waals surface area contributed by atoms with Crippen LogP contribution in [0.4, 0.5) is 4.79 Å². The molecule has 22 heavy (non-hydrogen) atoms. The number of carbonyl (C=O) groups is 3. The van der Waals surface area contributed by atoms with E-state index >= 15 is 0 Å². The maximum Gasteiger partial charge on any atom is 0.324 e. The van der Waals surface area contributed by atoms with Gasteiger partial charge in [-0.15, -0.1) is 0 Å². The number of aryl methyl sites for hydroxylation is 1. The molecule has 0 spiro atoms. The summed E-state index contributed by atoms with van der Waals surface area (Å²) >= 11 is 0. The molecule has 1 aromatic carbocycles. The van der Waals surface area contributed by atoms with Gasteiger partial charge in [0.15, 0.2) is 6.61 Å². The van der Waals surface area contributed by atoms with E-state index in [1.807, 2.05) is 25.1 Å². The summed E-state index contributed by atoms with van der Waals surface area (Å²) < 4.78 is 10.3. The lowest BCUT2D eigenvalue weighted by atomic mass is 10.2. The van der Waals surface area contributed by atoms with Crippen molar-refractivity contribution < 1.29 is 23.9 Å². The first-order valence-corrected chi connectivity index (χ1v) is 6.99. The van der Waals surface area contributed by atoms with Gasteiger partial charge in [0.2, 0.25) is 0 Å². The number of benzene rings is 1. The van der Waals surface area contributed by atoms with Crippen LogP contribution in [0.25, 0.3) is 0 Å². The molecule has 1 aliphatic heterocycles. The van der Waals surface area contributed by atoms with E-state index in [2.05, 4.69) is 5.32 Å². The summed E-state index contributed by atoms with van der Waals surface area (Å²) in [6, 6.07) is 7.02. The predicted octanol–water partition coefficient (Wildman–Crippen LogP) is 0.859. The summed E-state index contributed by atoms with van der Waals surface area (Å²) in [6.07, 6.45) is 0.0351. The molecule has 3 amide bonds. The Morgan fingerprint density at radius 1 is 1.36 bits per heavy atom. The van der Waals surface area contributed by atoms with E-state index in [1.165, 1.54) is 0 Å². The highest BCUT2D eigenvalue weighted by Crippen LogP contribution is 2.12. The average Bonchev–Trinajstić information content (AvgIpc) is 2.91. The minimum atomic E-state index is -0.541. The fourth-order valence-electron chi connectivity index (χ4n) is 1.96. The minimum Gasteiger partial charge on any atom is -0.493 e. The van der Waals surface area contributed by atoms with Crippen LogP contribution in [0.2, 0.25) is 0 Å². The molecule has 7 nitrogen and oxygen atoms in total. The van der Waals surface area contributed by atoms with Gasteiger partial charge in [-0.3, -0.25) is 14.5 Å². The second kappa shape index (κ2) is 7.44. The van der Waals surface area contributed by atoms with Crippen molar-refractivity contribution in [3.8, 4) is 5.75 Å². The van der Waals surface area contributed by atoms with Crippen LogP contribution >= 0.6 is 0 Å². The lowest BCUT2D eigenvalue weighted by molar-refractivity contribution is -0.151. The molecule has 0 saturated carbocycles. The Bertz CT molecular complexity index is 573. The molecule has 1 aliphatic rings. The number of hydrogen-bond donors (Lipinski definition) is 1. The van der Waals surface area contributed by atoms with E-state index in [0.717, 1.165) is 10.5 Å². The fourth-order valence-corrected chi connectivity index (χ4v) is 1.96. The van der Waals surface area contributed by atoms with Crippen LogP contribution < -0.4 is 10.1 Å². The molecule has 2 rings (SSSR count). The van der Waals surface area contributed by atoms with Crippen LogP contribution in [0, 0.1) is 6.92 Å². The highest BCUT2D eigenvalue weighted by atomic mass is 16.5. The molecule has 1 heterocycles. The van der Waals surface area contributed by atoms with Gasteiger partial charge in [0, 0.05) is 13.1 Å². The first-order valence-electron chi connectivity index (χ1n) is 6.99. The number of urea groups is 1. The van der Waals surface area contributed by atoms with Crippen LogP contribution in [0.3, 0.4) is 0 Å². The largest absolute Gasteiger partial charge is 0.493 e. The smallest absolute Gasteiger partial charge is 0.324 e. The first kappa shape index (κ1) is 15.8. The van der Waals surface area contributed by atoms with Crippen LogP contribution in [-0.4, -0.2) is 49.1 Å². The van der Waals surface area contributed by atoms with E-state index < -0.39 is 24.5 Å². The quantitative estimate of drug-likeness (QED) is 0.788. The number of ether oxygens (including phenoxy) is 2. The minimum absolute atomic E-state index is 0.0351. The van der Waals surface area contributed by atoms with E-state index in [-0.39, 0.29) is 13.0 Å². The predicted molar refractivity (Wildman–Crippen MR) is 77.4 cm³/mol. The van der Waals surface area contributed by atoms with Gasteiger partial charge in [-0.05, 0) is 24.6 Å². The van der Waals surface area contributed by atoms with Gasteiger partial charge in [-0.2, -0.15) is 0 Å². The lowest BCUT2D eigenvalue weighted by Gasteiger charge is -2.12. The summed E-state index contributed by atoms with van der Waals surface area (Å²) in [5.74, 6) is -0.388. The Labute approximate surface area is 128 Å². The van der Waals surface area contributed by atoms with Crippen molar-refractivity contribution in [1.29, 1.82) is 0 Å². The molecule has 1 aromatic rings. The Morgan fingerprint density at radius 2 is 2.18 bits per heavy atom. The van der Waals surface area contributed by atoms with Crippen LogP contribution in [-0.2, 0) is 14.3 Å². The lowest BCUT2D eigenvalue weighted by Crippen LogP contribution is -2.37. The number of carbonyl (C=O) groups excluding carboxylic acids is 3. The fraction of sp³-hybridized carbons (Fsp3) is 0.400.